The van der Waals surface area contributed by atoms with E-state index in [1.54, 1.807) is 13.3 Å². The summed E-state index contributed by atoms with van der Waals surface area (Å²) < 4.78 is 0. The Morgan fingerprint density at radius 1 is 0.909 bits per heavy atom. The maximum Gasteiger partial charge on any atom is 0.0277 e. The van der Waals surface area contributed by atoms with E-state index >= 15 is 0 Å². The molecule has 2 aliphatic carbocycles. The van der Waals surface area contributed by atoms with Crippen molar-refractivity contribution in [1.29, 1.82) is 0 Å². The number of hydrogen-bond donors (Lipinski definition) is 0. The number of nitrogens with zero attached hydrogens (tertiary/aromatic N) is 1. The average molecular weight is 287 g/mol. The lowest BCUT2D eigenvalue weighted by Gasteiger charge is -1.85. The van der Waals surface area contributed by atoms with Gasteiger partial charge in [0.15, 0.2) is 0 Å². The molecule has 0 heterocycles. The number of allylic oxidation sites excluding steroid dienone is 7. The quantitative estimate of drug-likeness (QED) is 0.504. The number of rotatable bonds is 5. The van der Waals surface area contributed by atoms with Gasteiger partial charge in [0.1, 0.15) is 0 Å². The van der Waals surface area contributed by atoms with Crippen LogP contribution in [-0.4, -0.2) is 13.3 Å². The van der Waals surface area contributed by atoms with Gasteiger partial charge in [0, 0.05) is 13.3 Å². The molecule has 0 aliphatic heterocycles. The summed E-state index contributed by atoms with van der Waals surface area (Å²) >= 11 is 0. The Morgan fingerprint density at radius 2 is 1.59 bits per heavy atom. The van der Waals surface area contributed by atoms with Crippen LogP contribution in [-0.2, 0) is 0 Å². The maximum absolute atomic E-state index is 3.92. The van der Waals surface area contributed by atoms with Crippen molar-refractivity contribution in [2.75, 3.05) is 7.05 Å². The molecule has 2 aliphatic rings. The topological polar surface area (TPSA) is 12.4 Å². The third-order valence-electron chi connectivity index (χ3n) is 3.22. The molecule has 0 atom stereocenters. The SMILES string of the molecule is CN=C/C=C(C)/C=C/C=C/C=C/c1cc2cccccc-2c1. The fourth-order valence-electron chi connectivity index (χ4n) is 2.08. The van der Waals surface area contributed by atoms with E-state index in [-0.39, 0.29) is 0 Å². The lowest BCUT2D eigenvalue weighted by Crippen LogP contribution is -1.69. The molecule has 0 saturated carbocycles. The van der Waals surface area contributed by atoms with Gasteiger partial charge in [0.25, 0.3) is 0 Å². The first-order valence-electron chi connectivity index (χ1n) is 7.39. The largest absolute Gasteiger partial charge is 0.297 e. The summed E-state index contributed by atoms with van der Waals surface area (Å²) in [5, 5.41) is 0. The first kappa shape index (κ1) is 15.7. The molecule has 0 aromatic carbocycles. The summed E-state index contributed by atoms with van der Waals surface area (Å²) in [4.78, 5) is 3.92. The van der Waals surface area contributed by atoms with Gasteiger partial charge in [-0.05, 0) is 47.4 Å². The van der Waals surface area contributed by atoms with E-state index in [1.807, 2.05) is 30.4 Å². The van der Waals surface area contributed by atoms with Gasteiger partial charge in [-0.15, -0.1) is 0 Å². The van der Waals surface area contributed by atoms with Gasteiger partial charge in [-0.2, -0.15) is 0 Å². The van der Waals surface area contributed by atoms with Gasteiger partial charge in [0.05, 0.1) is 0 Å². The fraction of sp³-hybridized carbons (Fsp3) is 0.0952. The first-order valence-corrected chi connectivity index (χ1v) is 7.39. The molecule has 22 heavy (non-hydrogen) atoms. The molecule has 2 rings (SSSR count). The highest BCUT2D eigenvalue weighted by Gasteiger charge is 2.01. The zero-order valence-corrected chi connectivity index (χ0v) is 13.1. The third-order valence-corrected chi connectivity index (χ3v) is 3.22. The van der Waals surface area contributed by atoms with Crippen molar-refractivity contribution in [3.8, 4) is 11.1 Å². The zero-order chi connectivity index (χ0) is 15.6. The van der Waals surface area contributed by atoms with Crippen LogP contribution in [0.3, 0.4) is 0 Å². The van der Waals surface area contributed by atoms with Crippen LogP contribution in [0, 0.1) is 0 Å². The van der Waals surface area contributed by atoms with E-state index < -0.39 is 0 Å². The molecule has 1 nitrogen and oxygen atoms in total. The molecule has 1 heteroatoms. The van der Waals surface area contributed by atoms with Crippen molar-refractivity contribution >= 4 is 12.3 Å². The van der Waals surface area contributed by atoms with Crippen molar-refractivity contribution in [1.82, 2.24) is 0 Å². The second-order valence-electron chi connectivity index (χ2n) is 5.03. The van der Waals surface area contributed by atoms with Gasteiger partial charge in [-0.1, -0.05) is 66.8 Å². The minimum Gasteiger partial charge on any atom is -0.297 e. The summed E-state index contributed by atoms with van der Waals surface area (Å²) in [5.74, 6) is 0. The predicted molar refractivity (Wildman–Crippen MR) is 98.6 cm³/mol. The van der Waals surface area contributed by atoms with Crippen LogP contribution < -0.4 is 0 Å². The molecule has 0 amide bonds. The highest BCUT2D eigenvalue weighted by atomic mass is 14.6. The number of hydrogen-bond acceptors (Lipinski definition) is 1. The van der Waals surface area contributed by atoms with Gasteiger partial charge in [0.2, 0.25) is 0 Å². The van der Waals surface area contributed by atoms with Crippen molar-refractivity contribution in [2.45, 2.75) is 6.92 Å². The molecule has 0 radical (unpaired) electrons. The van der Waals surface area contributed by atoms with Crippen LogP contribution >= 0.6 is 0 Å². The van der Waals surface area contributed by atoms with Crippen molar-refractivity contribution in [3.63, 3.8) is 0 Å². The predicted octanol–water partition coefficient (Wildman–Crippen LogP) is 5.56. The Bertz CT molecular complexity index is 684. The van der Waals surface area contributed by atoms with Crippen molar-refractivity contribution in [2.24, 2.45) is 4.99 Å². The van der Waals surface area contributed by atoms with Gasteiger partial charge in [-0.3, -0.25) is 4.99 Å². The summed E-state index contributed by atoms with van der Waals surface area (Å²) in [7, 11) is 1.77. The Hall–Kier alpha value is -2.67. The zero-order valence-electron chi connectivity index (χ0n) is 13.1. The van der Waals surface area contributed by atoms with Gasteiger partial charge < -0.3 is 0 Å². The standard InChI is InChI=1S/C21H21N/c1-18(14-15-22-2)10-6-3-4-7-11-19-16-20-12-8-5-9-13-21(20)17-19/h3-17H,1-2H3/b4-3+,10-6+,11-7+,18-14+,22-15?. The van der Waals surface area contributed by atoms with Crippen molar-refractivity contribution in [3.05, 3.63) is 90.1 Å². The molecular weight excluding hydrogens is 266 g/mol. The lowest BCUT2D eigenvalue weighted by molar-refractivity contribution is 1.46. The molecule has 0 unspecified atom stereocenters. The minimum atomic E-state index is 1.18. The van der Waals surface area contributed by atoms with Crippen LogP contribution in [0.25, 0.3) is 17.2 Å². The number of fused-ring (bicyclic) bond motifs is 1. The van der Waals surface area contributed by atoms with Crippen LogP contribution in [0.1, 0.15) is 12.5 Å². The van der Waals surface area contributed by atoms with E-state index in [4.69, 9.17) is 0 Å². The van der Waals surface area contributed by atoms with Crippen molar-refractivity contribution < 1.29 is 0 Å². The summed E-state index contributed by atoms with van der Waals surface area (Å²) in [5.41, 5.74) is 4.94. The minimum absolute atomic E-state index is 1.18. The molecule has 0 bridgehead atoms. The summed E-state index contributed by atoms with van der Waals surface area (Å²) in [6.07, 6.45) is 16.1. The van der Waals surface area contributed by atoms with Crippen LogP contribution in [0.4, 0.5) is 0 Å². The highest BCUT2D eigenvalue weighted by molar-refractivity contribution is 5.73. The summed E-state index contributed by atoms with van der Waals surface area (Å²) in [6.45, 7) is 2.05. The monoisotopic (exact) mass is 287 g/mol. The Labute approximate surface area is 133 Å². The first-order chi connectivity index (χ1) is 10.8. The molecule has 0 aromatic rings. The van der Waals surface area contributed by atoms with E-state index in [0.29, 0.717) is 0 Å². The normalized spacial score (nSPS) is 13.5. The molecule has 110 valence electrons. The van der Waals surface area contributed by atoms with E-state index in [9.17, 15) is 0 Å². The van der Waals surface area contributed by atoms with Crippen LogP contribution in [0.5, 0.6) is 0 Å². The van der Waals surface area contributed by atoms with E-state index in [2.05, 4.69) is 66.5 Å². The van der Waals surface area contributed by atoms with Gasteiger partial charge in [-0.25, -0.2) is 0 Å². The Kier molecular flexibility index (Phi) is 6.13. The maximum atomic E-state index is 3.92. The molecule has 0 saturated heterocycles. The Balaban J connectivity index is 1.96. The molecule has 0 aromatic heterocycles. The molecule has 0 spiro atoms. The van der Waals surface area contributed by atoms with E-state index in [0.717, 1.165) is 0 Å². The average Bonchev–Trinajstić information content (AvgIpc) is 2.78. The lowest BCUT2D eigenvalue weighted by atomic mass is 10.2. The second kappa shape index (κ2) is 8.58. The van der Waals surface area contributed by atoms with E-state index in [1.165, 1.54) is 22.3 Å². The fourth-order valence-corrected chi connectivity index (χ4v) is 2.08. The molecule has 0 fully saturated rings. The van der Waals surface area contributed by atoms with Crippen LogP contribution in [0.15, 0.2) is 89.5 Å². The molecular formula is C21H21N. The van der Waals surface area contributed by atoms with Gasteiger partial charge >= 0.3 is 0 Å². The molecule has 0 N–H and O–H groups in total. The van der Waals surface area contributed by atoms with Crippen LogP contribution in [0.2, 0.25) is 0 Å². The highest BCUT2D eigenvalue weighted by Crippen LogP contribution is 2.25. The summed E-state index contributed by atoms with van der Waals surface area (Å²) in [6, 6.07) is 14.9. The number of aliphatic imine (C=N–C) groups is 1. The third kappa shape index (κ3) is 5.02. The smallest absolute Gasteiger partial charge is 0.0277 e. The Morgan fingerprint density at radius 3 is 2.27 bits per heavy atom. The second-order valence-corrected chi connectivity index (χ2v) is 5.03.